The summed E-state index contributed by atoms with van der Waals surface area (Å²) >= 11 is 0. The van der Waals surface area contributed by atoms with Crippen molar-refractivity contribution in [3.8, 4) is 0 Å². The molecule has 7 nitrogen and oxygen atoms in total. The quantitative estimate of drug-likeness (QED) is 0.507. The largest absolute Gasteiger partial charge is 0.324 e. The zero-order valence-corrected chi connectivity index (χ0v) is 17.2. The van der Waals surface area contributed by atoms with Gasteiger partial charge in [-0.1, -0.05) is 54.1 Å². The van der Waals surface area contributed by atoms with Crippen LogP contribution in [0, 0.1) is 24.0 Å². The highest BCUT2D eigenvalue weighted by molar-refractivity contribution is 6.01. The summed E-state index contributed by atoms with van der Waals surface area (Å²) in [7, 11) is 0. The zero-order chi connectivity index (χ0) is 22.1. The molecule has 1 aliphatic heterocycles. The maximum Gasteiger partial charge on any atom is 0.273 e. The van der Waals surface area contributed by atoms with Crippen molar-refractivity contribution in [1.29, 1.82) is 0 Å². The lowest BCUT2D eigenvalue weighted by molar-refractivity contribution is -0.385. The SMILES string of the molecule is Cc1ccc2c(c1)[C@H](c1ccccc1)N(C(=O)c1ccc(C)c([N+](=O)[O-])c1)CC(=O)N2. The Bertz CT molecular complexity index is 1190. The van der Waals surface area contributed by atoms with Crippen LogP contribution in [0.1, 0.15) is 38.7 Å². The lowest BCUT2D eigenvalue weighted by atomic mass is 9.94. The van der Waals surface area contributed by atoms with Crippen LogP contribution in [0.5, 0.6) is 0 Å². The van der Waals surface area contributed by atoms with E-state index >= 15 is 0 Å². The third-order valence-corrected chi connectivity index (χ3v) is 5.43. The number of nitro groups is 1. The predicted molar refractivity (Wildman–Crippen MR) is 117 cm³/mol. The van der Waals surface area contributed by atoms with Crippen molar-refractivity contribution in [2.24, 2.45) is 0 Å². The minimum atomic E-state index is -0.525. The standard InChI is InChI=1S/C24H21N3O4/c1-15-8-11-20-19(12-15)23(17-6-4-3-5-7-17)26(14-22(28)25-20)24(29)18-10-9-16(2)21(13-18)27(30)31/h3-13,23H,14H2,1-2H3,(H,25,28)/t23-/m0/s1. The van der Waals surface area contributed by atoms with Crippen LogP contribution < -0.4 is 5.32 Å². The maximum atomic E-state index is 13.6. The lowest BCUT2D eigenvalue weighted by Crippen LogP contribution is -2.39. The molecule has 2 amide bonds. The molecule has 0 unspecified atom stereocenters. The van der Waals surface area contributed by atoms with Gasteiger partial charge < -0.3 is 10.2 Å². The van der Waals surface area contributed by atoms with Crippen LogP contribution >= 0.6 is 0 Å². The summed E-state index contributed by atoms with van der Waals surface area (Å²) in [5.74, 6) is -0.764. The molecule has 0 saturated heterocycles. The normalized spacial score (nSPS) is 15.6. The van der Waals surface area contributed by atoms with Gasteiger partial charge in [0.25, 0.3) is 11.6 Å². The molecule has 7 heteroatoms. The highest BCUT2D eigenvalue weighted by Gasteiger charge is 2.34. The molecule has 0 saturated carbocycles. The molecule has 0 fully saturated rings. The summed E-state index contributed by atoms with van der Waals surface area (Å²) in [6.07, 6.45) is 0. The van der Waals surface area contributed by atoms with Crippen molar-refractivity contribution < 1.29 is 14.5 Å². The minimum absolute atomic E-state index is 0.127. The number of anilines is 1. The van der Waals surface area contributed by atoms with E-state index in [2.05, 4.69) is 5.32 Å². The average Bonchev–Trinajstić information content (AvgIpc) is 2.89. The molecule has 1 heterocycles. The number of aryl methyl sites for hydroxylation is 2. The molecular weight excluding hydrogens is 394 g/mol. The number of carbonyl (C=O) groups is 2. The van der Waals surface area contributed by atoms with E-state index in [4.69, 9.17) is 0 Å². The van der Waals surface area contributed by atoms with Crippen molar-refractivity contribution in [1.82, 2.24) is 4.90 Å². The molecule has 156 valence electrons. The van der Waals surface area contributed by atoms with Gasteiger partial charge in [0, 0.05) is 28.4 Å². The molecule has 3 aromatic rings. The summed E-state index contributed by atoms with van der Waals surface area (Å²) in [6.45, 7) is 3.40. The Hall–Kier alpha value is -4.00. The van der Waals surface area contributed by atoms with Crippen LogP contribution in [-0.4, -0.2) is 28.2 Å². The first-order valence-corrected chi connectivity index (χ1v) is 9.86. The molecule has 1 aliphatic rings. The number of benzene rings is 3. The van der Waals surface area contributed by atoms with Crippen LogP contribution in [0.2, 0.25) is 0 Å². The van der Waals surface area contributed by atoms with E-state index in [9.17, 15) is 19.7 Å². The van der Waals surface area contributed by atoms with E-state index in [0.29, 0.717) is 11.3 Å². The summed E-state index contributed by atoms with van der Waals surface area (Å²) in [5.41, 5.74) is 3.80. The number of rotatable bonds is 3. The fourth-order valence-electron chi connectivity index (χ4n) is 3.91. The van der Waals surface area contributed by atoms with Gasteiger partial charge in [-0.2, -0.15) is 0 Å². The van der Waals surface area contributed by atoms with E-state index in [1.54, 1.807) is 19.1 Å². The number of hydrogen-bond donors (Lipinski definition) is 1. The highest BCUT2D eigenvalue weighted by atomic mass is 16.6. The lowest BCUT2D eigenvalue weighted by Gasteiger charge is -2.31. The average molecular weight is 415 g/mol. The van der Waals surface area contributed by atoms with Crippen molar-refractivity contribution in [3.63, 3.8) is 0 Å². The first kappa shape index (κ1) is 20.3. The molecule has 31 heavy (non-hydrogen) atoms. The first-order chi connectivity index (χ1) is 14.8. The number of nitrogens with zero attached hydrogens (tertiary/aromatic N) is 2. The second-order valence-electron chi connectivity index (χ2n) is 7.64. The van der Waals surface area contributed by atoms with Gasteiger partial charge in [0.05, 0.1) is 11.0 Å². The number of nitro benzene ring substituents is 1. The fourth-order valence-corrected chi connectivity index (χ4v) is 3.91. The molecule has 0 bridgehead atoms. The van der Waals surface area contributed by atoms with Crippen molar-refractivity contribution in [2.75, 3.05) is 11.9 Å². The Morgan fingerprint density at radius 2 is 1.81 bits per heavy atom. The van der Waals surface area contributed by atoms with E-state index < -0.39 is 16.9 Å². The van der Waals surface area contributed by atoms with Crippen molar-refractivity contribution in [3.05, 3.63) is 105 Å². The van der Waals surface area contributed by atoms with Gasteiger partial charge in [-0.15, -0.1) is 0 Å². The van der Waals surface area contributed by atoms with Gasteiger partial charge in [-0.25, -0.2) is 0 Å². The second-order valence-corrected chi connectivity index (χ2v) is 7.64. The second kappa shape index (κ2) is 8.02. The van der Waals surface area contributed by atoms with Gasteiger partial charge in [-0.3, -0.25) is 19.7 Å². The molecule has 0 aromatic heterocycles. The van der Waals surface area contributed by atoms with E-state index in [1.807, 2.05) is 55.5 Å². The Labute approximate surface area is 179 Å². The van der Waals surface area contributed by atoms with E-state index in [0.717, 1.165) is 16.7 Å². The third kappa shape index (κ3) is 3.90. The van der Waals surface area contributed by atoms with Crippen LogP contribution in [-0.2, 0) is 4.79 Å². The molecular formula is C24H21N3O4. The fraction of sp³-hybridized carbons (Fsp3) is 0.167. The van der Waals surface area contributed by atoms with Gasteiger partial charge >= 0.3 is 0 Å². The predicted octanol–water partition coefficient (Wildman–Crippen LogP) is 4.40. The van der Waals surface area contributed by atoms with E-state index in [1.165, 1.54) is 11.0 Å². The van der Waals surface area contributed by atoms with Gasteiger partial charge in [0.2, 0.25) is 5.91 Å². The topological polar surface area (TPSA) is 92.6 Å². The first-order valence-electron chi connectivity index (χ1n) is 9.86. The zero-order valence-electron chi connectivity index (χ0n) is 17.2. The number of carbonyl (C=O) groups excluding carboxylic acids is 2. The smallest absolute Gasteiger partial charge is 0.273 e. The molecule has 4 rings (SSSR count). The van der Waals surface area contributed by atoms with E-state index in [-0.39, 0.29) is 23.7 Å². The molecule has 1 N–H and O–H groups in total. The maximum absolute atomic E-state index is 13.6. The molecule has 0 spiro atoms. The van der Waals surface area contributed by atoms with Gasteiger partial charge in [0.15, 0.2) is 0 Å². The molecule has 0 radical (unpaired) electrons. The van der Waals surface area contributed by atoms with Crippen LogP contribution in [0.15, 0.2) is 66.7 Å². The molecule has 0 aliphatic carbocycles. The highest BCUT2D eigenvalue weighted by Crippen LogP contribution is 2.37. The van der Waals surface area contributed by atoms with Crippen molar-refractivity contribution >= 4 is 23.2 Å². The van der Waals surface area contributed by atoms with Crippen molar-refractivity contribution in [2.45, 2.75) is 19.9 Å². The number of hydrogen-bond acceptors (Lipinski definition) is 4. The summed E-state index contributed by atoms with van der Waals surface area (Å²) in [5, 5.41) is 14.3. The third-order valence-electron chi connectivity index (χ3n) is 5.43. The van der Waals surface area contributed by atoms with Gasteiger partial charge in [0.1, 0.15) is 6.54 Å². The number of fused-ring (bicyclic) bond motifs is 1. The number of nitrogens with one attached hydrogen (secondary N) is 1. The van der Waals surface area contributed by atoms with Crippen LogP contribution in [0.25, 0.3) is 0 Å². The number of amides is 2. The Morgan fingerprint density at radius 1 is 1.06 bits per heavy atom. The Morgan fingerprint density at radius 3 is 2.52 bits per heavy atom. The Kier molecular flexibility index (Phi) is 5.25. The van der Waals surface area contributed by atoms with Crippen LogP contribution in [0.3, 0.4) is 0 Å². The molecule has 3 aromatic carbocycles. The van der Waals surface area contributed by atoms with Crippen LogP contribution in [0.4, 0.5) is 11.4 Å². The summed E-state index contributed by atoms with van der Waals surface area (Å²) in [6, 6.07) is 19.0. The summed E-state index contributed by atoms with van der Waals surface area (Å²) < 4.78 is 0. The molecule has 1 atom stereocenters. The Balaban J connectivity index is 1.88. The summed E-state index contributed by atoms with van der Waals surface area (Å²) in [4.78, 5) is 38.6. The van der Waals surface area contributed by atoms with Gasteiger partial charge in [-0.05, 0) is 31.5 Å². The minimum Gasteiger partial charge on any atom is -0.324 e. The monoisotopic (exact) mass is 415 g/mol.